The van der Waals surface area contributed by atoms with E-state index >= 15 is 0 Å². The Morgan fingerprint density at radius 1 is 0.625 bits per heavy atom. The second-order valence-electron chi connectivity index (χ2n) is 11.0. The van der Waals surface area contributed by atoms with Crippen LogP contribution in [0.15, 0.2) is 89.7 Å². The number of phenols is 3. The maximum Gasteiger partial charge on any atom is 0.197 e. The Kier molecular flexibility index (Phi) is 9.94. The number of carbonyl (C=O) groups is 1. The quantitative estimate of drug-likeness (QED) is 0.0999. The number of aromatic nitrogens is 1. The molecule has 0 aliphatic heterocycles. The second-order valence-corrected chi connectivity index (χ2v) is 11.0. The molecule has 0 fully saturated rings. The van der Waals surface area contributed by atoms with Gasteiger partial charge in [-0.2, -0.15) is 15.8 Å². The van der Waals surface area contributed by atoms with Crippen LogP contribution >= 0.6 is 0 Å². The molecule has 6 aromatic rings. The number of phenolic OH excluding ortho intramolecular Hbond substituents is 3. The smallest absolute Gasteiger partial charge is 0.197 e. The molecule has 1 aromatic heterocycles. The number of aromatic amines is 1. The summed E-state index contributed by atoms with van der Waals surface area (Å²) in [6, 6.07) is 29.0. The average Bonchev–Trinajstić information content (AvgIpc) is 3.07. The van der Waals surface area contributed by atoms with Crippen LogP contribution in [0.3, 0.4) is 0 Å². The highest BCUT2D eigenvalue weighted by Gasteiger charge is 2.24. The molecule has 48 heavy (non-hydrogen) atoms. The number of aromatic hydroxyl groups is 3. The monoisotopic (exact) mass is 634 g/mol. The van der Waals surface area contributed by atoms with Crippen molar-refractivity contribution in [1.82, 2.24) is 4.98 Å². The molecule has 0 atom stereocenters. The molecule has 5 aromatic carbocycles. The normalized spacial score (nSPS) is 10.8. The molecule has 9 heteroatoms. The molecule has 0 unspecified atom stereocenters. The van der Waals surface area contributed by atoms with Crippen molar-refractivity contribution in [2.45, 2.75) is 27.7 Å². The van der Waals surface area contributed by atoms with Gasteiger partial charge in [-0.1, -0.05) is 36.8 Å². The zero-order chi connectivity index (χ0) is 33.8. The van der Waals surface area contributed by atoms with E-state index in [4.69, 9.17) is 31.1 Å². The van der Waals surface area contributed by atoms with Gasteiger partial charge in [-0.25, -0.2) is 0 Å². The van der Waals surface area contributed by atoms with Crippen LogP contribution in [0.25, 0.3) is 21.8 Å². The number of hydrogen-bond acceptors (Lipinski definition) is 8. The van der Waals surface area contributed by atoms with Crippen molar-refractivity contribution < 1.29 is 20.1 Å². The Morgan fingerprint density at radius 3 is 1.98 bits per heavy atom. The molecular formula is C39H30N4O5. The molecule has 0 saturated carbocycles. The van der Waals surface area contributed by atoms with Crippen molar-refractivity contribution in [3.05, 3.63) is 145 Å². The van der Waals surface area contributed by atoms with Gasteiger partial charge in [0.15, 0.2) is 22.7 Å². The molecule has 0 bridgehead atoms. The number of ketones is 1. The Bertz CT molecular complexity index is 2420. The van der Waals surface area contributed by atoms with Gasteiger partial charge in [-0.15, -0.1) is 0 Å². The van der Waals surface area contributed by atoms with Gasteiger partial charge in [-0.05, 0) is 92.1 Å². The van der Waals surface area contributed by atoms with E-state index in [1.54, 1.807) is 6.07 Å². The number of benzene rings is 5. The van der Waals surface area contributed by atoms with Gasteiger partial charge in [0.25, 0.3) is 0 Å². The van der Waals surface area contributed by atoms with E-state index in [9.17, 15) is 9.59 Å². The highest BCUT2D eigenvalue weighted by atomic mass is 16.3. The van der Waals surface area contributed by atoms with Crippen LogP contribution in [-0.2, 0) is 6.42 Å². The molecule has 1 aliphatic rings. The number of aryl methyl sites for hydroxylation is 2. The largest absolute Gasteiger partial charge is 0.508 e. The lowest BCUT2D eigenvalue weighted by molar-refractivity contribution is 0.103. The van der Waals surface area contributed by atoms with Crippen molar-refractivity contribution in [2.75, 3.05) is 0 Å². The van der Waals surface area contributed by atoms with E-state index in [1.165, 1.54) is 36.4 Å². The van der Waals surface area contributed by atoms with Crippen LogP contribution in [0.4, 0.5) is 0 Å². The van der Waals surface area contributed by atoms with Gasteiger partial charge in [0, 0.05) is 33.5 Å². The summed E-state index contributed by atoms with van der Waals surface area (Å²) in [6.07, 6.45) is 0.678. The second kappa shape index (κ2) is 14.0. The summed E-state index contributed by atoms with van der Waals surface area (Å²) in [4.78, 5) is 29.3. The topological polar surface area (TPSA) is 182 Å². The molecule has 1 aliphatic carbocycles. The fraction of sp³-hybridized carbons (Fsp3) is 0.103. The lowest BCUT2D eigenvalue weighted by atomic mass is 9.83. The van der Waals surface area contributed by atoms with Gasteiger partial charge in [-0.3, -0.25) is 9.59 Å². The van der Waals surface area contributed by atoms with Crippen LogP contribution in [0.5, 0.6) is 17.2 Å². The molecule has 236 valence electrons. The standard InChI is InChI=1S/C23H17NO2.C8H4N2O.C7H5NO2.CH4/c1-12-3-5-14-9-15-10-19-21(11-17(15)22(25)16(14)7-12)24-20-6-4-13(2)8-18(20)23(19)26;9-4-6-1-2-8(11)3-7(6)5-10;8-4-5-1-2-6(9)7(10)3-5;/h3-8,10-11H,9H2,1-2H3,(H,24,26);1-3,11H;1-3,9-10H;1H4. The number of fused-ring (bicyclic) bond motifs is 4. The van der Waals surface area contributed by atoms with Crippen LogP contribution < -0.4 is 5.43 Å². The number of rotatable bonds is 0. The third-order valence-corrected chi connectivity index (χ3v) is 7.66. The van der Waals surface area contributed by atoms with E-state index < -0.39 is 0 Å². The minimum Gasteiger partial charge on any atom is -0.508 e. The molecule has 0 saturated heterocycles. The minimum atomic E-state index is -0.265. The SMILES string of the molecule is C.Cc1ccc2c(c1)C(=O)c1cc3[nH]c4ccc(C)cc4c(=O)c3cc1C2.N#Cc1ccc(O)c(O)c1.N#Cc1ccc(O)cc1C#N. The van der Waals surface area contributed by atoms with Gasteiger partial charge < -0.3 is 20.3 Å². The number of nitriles is 3. The summed E-state index contributed by atoms with van der Waals surface area (Å²) in [5, 5.41) is 53.1. The Morgan fingerprint density at radius 2 is 1.29 bits per heavy atom. The zero-order valence-electron chi connectivity index (χ0n) is 25.3. The molecule has 0 spiro atoms. The first-order valence-corrected chi connectivity index (χ1v) is 14.3. The summed E-state index contributed by atoms with van der Waals surface area (Å²) < 4.78 is 0. The van der Waals surface area contributed by atoms with Crippen LogP contribution in [-0.4, -0.2) is 26.1 Å². The summed E-state index contributed by atoms with van der Waals surface area (Å²) in [7, 11) is 0. The summed E-state index contributed by atoms with van der Waals surface area (Å²) in [6.45, 7) is 3.97. The highest BCUT2D eigenvalue weighted by Crippen LogP contribution is 2.31. The molecule has 0 radical (unpaired) electrons. The predicted molar refractivity (Wildman–Crippen MR) is 183 cm³/mol. The zero-order valence-corrected chi connectivity index (χ0v) is 25.3. The van der Waals surface area contributed by atoms with Gasteiger partial charge >= 0.3 is 0 Å². The lowest BCUT2D eigenvalue weighted by Crippen LogP contribution is -2.16. The van der Waals surface area contributed by atoms with Crippen LogP contribution in [0, 0.1) is 47.8 Å². The highest BCUT2D eigenvalue weighted by molar-refractivity contribution is 6.14. The maximum atomic E-state index is 13.0. The fourth-order valence-electron chi connectivity index (χ4n) is 5.26. The lowest BCUT2D eigenvalue weighted by Gasteiger charge is -2.19. The summed E-state index contributed by atoms with van der Waals surface area (Å²) in [5.74, 6) is -0.435. The van der Waals surface area contributed by atoms with E-state index in [0.29, 0.717) is 28.3 Å². The Labute approximate surface area is 276 Å². The first-order chi connectivity index (χ1) is 22.5. The number of hydrogen-bond donors (Lipinski definition) is 4. The molecule has 7 rings (SSSR count). The number of nitrogens with one attached hydrogen (secondary N) is 1. The molecule has 4 N–H and O–H groups in total. The van der Waals surface area contributed by atoms with Gasteiger partial charge in [0.05, 0.1) is 28.3 Å². The van der Waals surface area contributed by atoms with Crippen LogP contribution in [0.1, 0.15) is 62.3 Å². The third kappa shape index (κ3) is 6.84. The van der Waals surface area contributed by atoms with E-state index in [-0.39, 0.29) is 47.0 Å². The molecular weight excluding hydrogens is 604 g/mol. The number of pyridine rings is 1. The summed E-state index contributed by atoms with van der Waals surface area (Å²) in [5.41, 5.74) is 7.90. The number of H-pyrrole nitrogens is 1. The van der Waals surface area contributed by atoms with E-state index in [2.05, 4.69) is 4.98 Å². The Balaban J connectivity index is 0.000000196. The van der Waals surface area contributed by atoms with Crippen LogP contribution in [0.2, 0.25) is 0 Å². The van der Waals surface area contributed by atoms with Crippen molar-refractivity contribution >= 4 is 27.6 Å². The first-order valence-electron chi connectivity index (χ1n) is 14.3. The van der Waals surface area contributed by atoms with E-state index in [1.807, 2.05) is 74.5 Å². The van der Waals surface area contributed by atoms with Crippen molar-refractivity contribution in [3.63, 3.8) is 0 Å². The minimum absolute atomic E-state index is 0. The average molecular weight is 635 g/mol. The van der Waals surface area contributed by atoms with E-state index in [0.717, 1.165) is 38.9 Å². The third-order valence-electron chi connectivity index (χ3n) is 7.66. The van der Waals surface area contributed by atoms with Gasteiger partial charge in [0.2, 0.25) is 0 Å². The van der Waals surface area contributed by atoms with Crippen molar-refractivity contribution in [3.8, 4) is 35.5 Å². The Hall–Kier alpha value is -6.89. The maximum absolute atomic E-state index is 13.0. The fourth-order valence-corrected chi connectivity index (χ4v) is 5.26. The van der Waals surface area contributed by atoms with Crippen molar-refractivity contribution in [1.29, 1.82) is 15.8 Å². The molecule has 1 heterocycles. The summed E-state index contributed by atoms with van der Waals surface area (Å²) >= 11 is 0. The van der Waals surface area contributed by atoms with Gasteiger partial charge in [0.1, 0.15) is 17.9 Å². The number of nitrogens with zero attached hydrogens (tertiary/aromatic N) is 3. The predicted octanol–water partition coefficient (Wildman–Crippen LogP) is 7.17. The molecule has 0 amide bonds. The van der Waals surface area contributed by atoms with Crippen molar-refractivity contribution in [2.24, 2.45) is 0 Å². The number of carbonyl (C=O) groups excluding carboxylic acids is 1. The molecule has 9 nitrogen and oxygen atoms in total. The first kappa shape index (κ1) is 34.0.